The summed E-state index contributed by atoms with van der Waals surface area (Å²) in [5.74, 6) is 0. The molecule has 0 aliphatic rings. The Morgan fingerprint density at radius 1 is 1.29 bits per heavy atom. The van der Waals surface area contributed by atoms with Gasteiger partial charge in [-0.3, -0.25) is 4.90 Å². The summed E-state index contributed by atoms with van der Waals surface area (Å²) in [4.78, 5) is 1.77. The average Bonchev–Trinajstić information content (AvgIpc) is 2.27. The van der Waals surface area contributed by atoms with Crippen molar-refractivity contribution in [3.8, 4) is 6.07 Å². The van der Waals surface area contributed by atoms with Crippen LogP contribution in [0.15, 0.2) is 24.3 Å². The van der Waals surface area contributed by atoms with Crippen molar-refractivity contribution < 1.29 is 13.2 Å². The van der Waals surface area contributed by atoms with Gasteiger partial charge < -0.3 is 0 Å². The molecule has 17 heavy (non-hydrogen) atoms. The summed E-state index contributed by atoms with van der Waals surface area (Å²) >= 11 is 0. The highest BCUT2D eigenvalue weighted by molar-refractivity contribution is 5.24. The van der Waals surface area contributed by atoms with E-state index in [2.05, 4.69) is 6.07 Å². The van der Waals surface area contributed by atoms with E-state index in [-0.39, 0.29) is 6.04 Å². The Labute approximate surface area is 98.3 Å². The SMILES string of the molecule is C[C@@H](C#N)N(C)Cc1ccc(C(F)(F)F)cc1. The van der Waals surface area contributed by atoms with Crippen LogP contribution in [0.3, 0.4) is 0 Å². The highest BCUT2D eigenvalue weighted by Gasteiger charge is 2.29. The minimum atomic E-state index is -4.30. The first-order chi connectivity index (χ1) is 7.84. The number of alkyl halides is 3. The van der Waals surface area contributed by atoms with Gasteiger partial charge in [0, 0.05) is 6.54 Å². The van der Waals surface area contributed by atoms with Crippen LogP contribution in [0.2, 0.25) is 0 Å². The lowest BCUT2D eigenvalue weighted by atomic mass is 10.1. The van der Waals surface area contributed by atoms with Crippen molar-refractivity contribution in [3.05, 3.63) is 35.4 Å². The van der Waals surface area contributed by atoms with Gasteiger partial charge in [0.2, 0.25) is 0 Å². The maximum absolute atomic E-state index is 12.3. The highest BCUT2D eigenvalue weighted by atomic mass is 19.4. The molecule has 0 spiro atoms. The molecule has 2 nitrogen and oxygen atoms in total. The molecule has 0 aromatic heterocycles. The maximum atomic E-state index is 12.3. The molecule has 92 valence electrons. The number of benzene rings is 1. The monoisotopic (exact) mass is 242 g/mol. The molecule has 0 heterocycles. The Morgan fingerprint density at radius 3 is 2.24 bits per heavy atom. The molecule has 0 saturated carbocycles. The van der Waals surface area contributed by atoms with E-state index in [1.165, 1.54) is 12.1 Å². The van der Waals surface area contributed by atoms with Crippen LogP contribution in [0.5, 0.6) is 0 Å². The molecule has 0 fully saturated rings. The normalized spacial score (nSPS) is 13.5. The summed E-state index contributed by atoms with van der Waals surface area (Å²) in [5, 5.41) is 8.69. The molecule has 5 heteroatoms. The van der Waals surface area contributed by atoms with Gasteiger partial charge in [0.15, 0.2) is 0 Å². The number of nitrogens with zero attached hydrogens (tertiary/aromatic N) is 2. The van der Waals surface area contributed by atoms with Gasteiger partial charge in [0.05, 0.1) is 17.7 Å². The predicted molar refractivity (Wildman–Crippen MR) is 58.0 cm³/mol. The molecule has 1 rings (SSSR count). The fraction of sp³-hybridized carbons (Fsp3) is 0.417. The van der Waals surface area contributed by atoms with Gasteiger partial charge in [0.25, 0.3) is 0 Å². The van der Waals surface area contributed by atoms with Crippen LogP contribution in [0, 0.1) is 11.3 Å². The summed E-state index contributed by atoms with van der Waals surface area (Å²) < 4.78 is 36.9. The van der Waals surface area contributed by atoms with E-state index in [1.807, 2.05) is 0 Å². The second-order valence-corrected chi connectivity index (χ2v) is 3.91. The van der Waals surface area contributed by atoms with Gasteiger partial charge in [0.1, 0.15) is 0 Å². The molecular weight excluding hydrogens is 229 g/mol. The van der Waals surface area contributed by atoms with Gasteiger partial charge in [-0.25, -0.2) is 0 Å². The minimum Gasteiger partial charge on any atom is -0.287 e. The van der Waals surface area contributed by atoms with E-state index in [0.29, 0.717) is 6.54 Å². The maximum Gasteiger partial charge on any atom is 0.416 e. The lowest BCUT2D eigenvalue weighted by molar-refractivity contribution is -0.137. The summed E-state index contributed by atoms with van der Waals surface area (Å²) in [6.45, 7) is 2.19. The van der Waals surface area contributed by atoms with Crippen molar-refractivity contribution in [1.82, 2.24) is 4.90 Å². The molecule has 1 atom stereocenters. The van der Waals surface area contributed by atoms with Gasteiger partial charge in [-0.1, -0.05) is 12.1 Å². The Balaban J connectivity index is 2.73. The van der Waals surface area contributed by atoms with Crippen molar-refractivity contribution in [2.45, 2.75) is 25.7 Å². The summed E-state index contributed by atoms with van der Waals surface area (Å²) in [6, 6.07) is 6.78. The first kappa shape index (κ1) is 13.5. The zero-order valence-corrected chi connectivity index (χ0v) is 9.62. The number of hydrogen-bond donors (Lipinski definition) is 0. The van der Waals surface area contributed by atoms with E-state index in [9.17, 15) is 13.2 Å². The average molecular weight is 242 g/mol. The third-order valence-electron chi connectivity index (χ3n) is 2.56. The van der Waals surface area contributed by atoms with Crippen LogP contribution < -0.4 is 0 Å². The molecular formula is C12H13F3N2. The largest absolute Gasteiger partial charge is 0.416 e. The number of nitriles is 1. The molecule has 0 radical (unpaired) electrons. The lowest BCUT2D eigenvalue weighted by Crippen LogP contribution is -2.26. The Hall–Kier alpha value is -1.54. The van der Waals surface area contributed by atoms with Crippen molar-refractivity contribution in [3.63, 3.8) is 0 Å². The van der Waals surface area contributed by atoms with E-state index >= 15 is 0 Å². The zero-order chi connectivity index (χ0) is 13.1. The van der Waals surface area contributed by atoms with Crippen molar-refractivity contribution in [2.75, 3.05) is 7.05 Å². The van der Waals surface area contributed by atoms with Gasteiger partial charge >= 0.3 is 6.18 Å². The minimum absolute atomic E-state index is 0.266. The fourth-order valence-corrected chi connectivity index (χ4v) is 1.32. The third kappa shape index (κ3) is 3.75. The highest BCUT2D eigenvalue weighted by Crippen LogP contribution is 2.29. The summed E-state index contributed by atoms with van der Waals surface area (Å²) in [7, 11) is 1.76. The first-order valence-corrected chi connectivity index (χ1v) is 5.10. The Kier molecular flexibility index (Phi) is 4.13. The number of halogens is 3. The van der Waals surface area contributed by atoms with Crippen LogP contribution in [0.25, 0.3) is 0 Å². The molecule has 1 aromatic carbocycles. The Bertz CT molecular complexity index is 403. The molecule has 0 saturated heterocycles. The number of rotatable bonds is 3. The lowest BCUT2D eigenvalue weighted by Gasteiger charge is -2.19. The quantitative estimate of drug-likeness (QED) is 0.814. The fourth-order valence-electron chi connectivity index (χ4n) is 1.32. The third-order valence-corrected chi connectivity index (χ3v) is 2.56. The van der Waals surface area contributed by atoms with Gasteiger partial charge in [-0.2, -0.15) is 18.4 Å². The standard InChI is InChI=1S/C12H13F3N2/c1-9(7-16)17(2)8-10-3-5-11(6-4-10)12(13,14)15/h3-6,9H,8H2,1-2H3/t9-/m0/s1. The van der Waals surface area contributed by atoms with Crippen LogP contribution in [0.1, 0.15) is 18.1 Å². The van der Waals surface area contributed by atoms with E-state index in [4.69, 9.17) is 5.26 Å². The van der Waals surface area contributed by atoms with Crippen molar-refractivity contribution >= 4 is 0 Å². The van der Waals surface area contributed by atoms with E-state index in [0.717, 1.165) is 17.7 Å². The molecule has 0 unspecified atom stereocenters. The van der Waals surface area contributed by atoms with E-state index in [1.54, 1.807) is 18.9 Å². The molecule has 0 amide bonds. The van der Waals surface area contributed by atoms with Crippen molar-refractivity contribution in [2.24, 2.45) is 0 Å². The molecule has 1 aromatic rings. The van der Waals surface area contributed by atoms with Crippen LogP contribution in [-0.4, -0.2) is 18.0 Å². The molecule has 0 N–H and O–H groups in total. The topological polar surface area (TPSA) is 27.0 Å². The van der Waals surface area contributed by atoms with Crippen LogP contribution in [0.4, 0.5) is 13.2 Å². The Morgan fingerprint density at radius 2 is 1.82 bits per heavy atom. The second kappa shape index (κ2) is 5.19. The zero-order valence-electron chi connectivity index (χ0n) is 9.62. The van der Waals surface area contributed by atoms with Gasteiger partial charge in [-0.05, 0) is 31.7 Å². The van der Waals surface area contributed by atoms with Crippen LogP contribution in [-0.2, 0) is 12.7 Å². The predicted octanol–water partition coefficient (Wildman–Crippen LogP) is 3.05. The molecule has 0 aliphatic carbocycles. The molecule has 0 aliphatic heterocycles. The van der Waals surface area contributed by atoms with Crippen molar-refractivity contribution in [1.29, 1.82) is 5.26 Å². The summed E-state index contributed by atoms with van der Waals surface area (Å²) in [6.07, 6.45) is -4.30. The first-order valence-electron chi connectivity index (χ1n) is 5.10. The summed E-state index contributed by atoms with van der Waals surface area (Å²) in [5.41, 5.74) is 0.0971. The smallest absolute Gasteiger partial charge is 0.287 e. The number of hydrogen-bond acceptors (Lipinski definition) is 2. The van der Waals surface area contributed by atoms with Gasteiger partial charge in [-0.15, -0.1) is 0 Å². The second-order valence-electron chi connectivity index (χ2n) is 3.91. The van der Waals surface area contributed by atoms with E-state index < -0.39 is 11.7 Å². The van der Waals surface area contributed by atoms with Crippen LogP contribution >= 0.6 is 0 Å². The molecule has 0 bridgehead atoms.